The first-order chi connectivity index (χ1) is 13.8. The van der Waals surface area contributed by atoms with Crippen molar-refractivity contribution in [3.8, 4) is 17.2 Å². The van der Waals surface area contributed by atoms with Crippen LogP contribution in [0.5, 0.6) is 17.2 Å². The monoisotopic (exact) mass is 386 g/mol. The van der Waals surface area contributed by atoms with E-state index in [0.717, 1.165) is 56.1 Å². The molecule has 28 heavy (non-hydrogen) atoms. The third-order valence-corrected chi connectivity index (χ3v) is 4.43. The molecule has 0 aromatic heterocycles. The van der Waals surface area contributed by atoms with Crippen LogP contribution in [0.2, 0.25) is 0 Å². The van der Waals surface area contributed by atoms with Gasteiger partial charge >= 0.3 is 0 Å². The Morgan fingerprint density at radius 2 is 0.857 bits per heavy atom. The molecule has 0 aliphatic heterocycles. The predicted molar refractivity (Wildman–Crippen MR) is 114 cm³/mol. The van der Waals surface area contributed by atoms with Crippen LogP contribution in [0.3, 0.4) is 0 Å². The van der Waals surface area contributed by atoms with Gasteiger partial charge < -0.3 is 18.9 Å². The Labute approximate surface area is 169 Å². The van der Waals surface area contributed by atoms with Crippen LogP contribution in [-0.2, 0) is 4.74 Å². The van der Waals surface area contributed by atoms with Crippen molar-refractivity contribution in [2.75, 3.05) is 33.5 Å². The van der Waals surface area contributed by atoms with Gasteiger partial charge in [0.05, 0.1) is 19.8 Å². The van der Waals surface area contributed by atoms with E-state index in [4.69, 9.17) is 18.9 Å². The van der Waals surface area contributed by atoms with Gasteiger partial charge in [-0.05, 0) is 75.4 Å². The Kier molecular flexibility index (Phi) is 11.0. The molecule has 0 bridgehead atoms. The van der Waals surface area contributed by atoms with Gasteiger partial charge in [-0.15, -0.1) is 0 Å². The topological polar surface area (TPSA) is 36.9 Å². The average Bonchev–Trinajstić information content (AvgIpc) is 2.72. The standard InChI is InChI=1S/C24H34O4/c1-21-9-11-22(12-10-21)27-19-7-8-20-28-24-15-13-23(14-16-24)26-18-6-4-3-5-17-25-2/h9-16H,3-8,17-20H2,1-2H3. The summed E-state index contributed by atoms with van der Waals surface area (Å²) in [5.74, 6) is 2.71. The predicted octanol–water partition coefficient (Wildman–Crippen LogP) is 5.82. The van der Waals surface area contributed by atoms with Gasteiger partial charge in [0.1, 0.15) is 17.2 Å². The number of benzene rings is 2. The number of hydrogen-bond acceptors (Lipinski definition) is 4. The molecular formula is C24H34O4. The molecule has 0 aliphatic rings. The molecule has 0 aliphatic carbocycles. The van der Waals surface area contributed by atoms with E-state index < -0.39 is 0 Å². The second kappa shape index (κ2) is 13.9. The summed E-state index contributed by atoms with van der Waals surface area (Å²) in [6, 6.07) is 16.0. The minimum absolute atomic E-state index is 0.693. The largest absolute Gasteiger partial charge is 0.494 e. The lowest BCUT2D eigenvalue weighted by Gasteiger charge is -2.09. The molecule has 0 radical (unpaired) electrons. The second-order valence-electron chi connectivity index (χ2n) is 6.94. The fourth-order valence-electron chi connectivity index (χ4n) is 2.74. The van der Waals surface area contributed by atoms with Gasteiger partial charge in [0, 0.05) is 13.7 Å². The maximum atomic E-state index is 5.79. The summed E-state index contributed by atoms with van der Waals surface area (Å²) in [7, 11) is 1.75. The molecule has 2 aromatic carbocycles. The minimum atomic E-state index is 0.693. The summed E-state index contributed by atoms with van der Waals surface area (Å²) in [6.07, 6.45) is 6.51. The third-order valence-electron chi connectivity index (χ3n) is 4.43. The van der Waals surface area contributed by atoms with E-state index in [2.05, 4.69) is 19.1 Å². The number of rotatable bonds is 15. The van der Waals surface area contributed by atoms with E-state index in [9.17, 15) is 0 Å². The zero-order chi connectivity index (χ0) is 19.9. The second-order valence-corrected chi connectivity index (χ2v) is 6.94. The molecule has 4 nitrogen and oxygen atoms in total. The average molecular weight is 387 g/mol. The van der Waals surface area contributed by atoms with Crippen LogP contribution in [0.4, 0.5) is 0 Å². The normalized spacial score (nSPS) is 10.6. The fourth-order valence-corrected chi connectivity index (χ4v) is 2.74. The van der Waals surface area contributed by atoms with Crippen molar-refractivity contribution in [1.29, 1.82) is 0 Å². The van der Waals surface area contributed by atoms with Gasteiger partial charge in [-0.2, -0.15) is 0 Å². The lowest BCUT2D eigenvalue weighted by Crippen LogP contribution is -2.02. The van der Waals surface area contributed by atoms with Gasteiger partial charge in [-0.3, -0.25) is 0 Å². The van der Waals surface area contributed by atoms with Crippen LogP contribution in [0.1, 0.15) is 44.1 Å². The first kappa shape index (κ1) is 22.1. The zero-order valence-electron chi connectivity index (χ0n) is 17.3. The van der Waals surface area contributed by atoms with E-state index in [1.54, 1.807) is 7.11 Å². The van der Waals surface area contributed by atoms with Crippen molar-refractivity contribution in [1.82, 2.24) is 0 Å². The molecule has 4 heteroatoms. The first-order valence-corrected chi connectivity index (χ1v) is 10.3. The molecule has 0 atom stereocenters. The summed E-state index contributed by atoms with van der Waals surface area (Å²) < 4.78 is 22.3. The molecule has 0 heterocycles. The highest BCUT2D eigenvalue weighted by Crippen LogP contribution is 2.18. The molecule has 2 rings (SSSR count). The van der Waals surface area contributed by atoms with Crippen molar-refractivity contribution in [2.24, 2.45) is 0 Å². The summed E-state index contributed by atoms with van der Waals surface area (Å²) in [4.78, 5) is 0. The molecule has 0 fully saturated rings. The molecular weight excluding hydrogens is 352 g/mol. The van der Waals surface area contributed by atoms with Crippen molar-refractivity contribution in [2.45, 2.75) is 45.4 Å². The third kappa shape index (κ3) is 9.65. The molecule has 0 unspecified atom stereocenters. The highest BCUT2D eigenvalue weighted by molar-refractivity contribution is 5.31. The molecule has 0 amide bonds. The van der Waals surface area contributed by atoms with Crippen LogP contribution >= 0.6 is 0 Å². The lowest BCUT2D eigenvalue weighted by atomic mass is 10.2. The van der Waals surface area contributed by atoms with Crippen LogP contribution < -0.4 is 14.2 Å². The van der Waals surface area contributed by atoms with E-state index in [1.807, 2.05) is 36.4 Å². The smallest absolute Gasteiger partial charge is 0.119 e. The number of aryl methyl sites for hydroxylation is 1. The minimum Gasteiger partial charge on any atom is -0.494 e. The first-order valence-electron chi connectivity index (χ1n) is 10.3. The Morgan fingerprint density at radius 1 is 0.500 bits per heavy atom. The van der Waals surface area contributed by atoms with Gasteiger partial charge in [0.25, 0.3) is 0 Å². The molecule has 0 saturated heterocycles. The van der Waals surface area contributed by atoms with Crippen LogP contribution in [-0.4, -0.2) is 33.5 Å². The molecule has 154 valence electrons. The SMILES string of the molecule is COCCCCCCOc1ccc(OCCCCOc2ccc(C)cc2)cc1. The van der Waals surface area contributed by atoms with E-state index in [1.165, 1.54) is 18.4 Å². The Bertz CT molecular complexity index is 622. The van der Waals surface area contributed by atoms with Crippen molar-refractivity contribution in [3.05, 3.63) is 54.1 Å². The van der Waals surface area contributed by atoms with E-state index >= 15 is 0 Å². The molecule has 0 saturated carbocycles. The van der Waals surface area contributed by atoms with Crippen LogP contribution in [0.15, 0.2) is 48.5 Å². The maximum absolute atomic E-state index is 5.79. The quantitative estimate of drug-likeness (QED) is 0.362. The van der Waals surface area contributed by atoms with Gasteiger partial charge in [-0.25, -0.2) is 0 Å². The van der Waals surface area contributed by atoms with Crippen molar-refractivity contribution >= 4 is 0 Å². The number of hydrogen-bond donors (Lipinski definition) is 0. The van der Waals surface area contributed by atoms with Gasteiger partial charge in [0.15, 0.2) is 0 Å². The summed E-state index contributed by atoms with van der Waals surface area (Å²) in [5, 5.41) is 0. The Hall–Kier alpha value is -2.20. The number of unbranched alkanes of at least 4 members (excludes halogenated alkanes) is 4. The van der Waals surface area contributed by atoms with Crippen molar-refractivity contribution in [3.63, 3.8) is 0 Å². The molecule has 0 spiro atoms. The van der Waals surface area contributed by atoms with Gasteiger partial charge in [0.2, 0.25) is 0 Å². The summed E-state index contributed by atoms with van der Waals surface area (Å²) >= 11 is 0. The summed E-state index contributed by atoms with van der Waals surface area (Å²) in [5.41, 5.74) is 1.25. The molecule has 0 N–H and O–H groups in total. The number of methoxy groups -OCH3 is 1. The fraction of sp³-hybridized carbons (Fsp3) is 0.500. The highest BCUT2D eigenvalue weighted by Gasteiger charge is 1.98. The zero-order valence-corrected chi connectivity index (χ0v) is 17.3. The Balaban J connectivity index is 1.49. The van der Waals surface area contributed by atoms with E-state index in [-0.39, 0.29) is 0 Å². The van der Waals surface area contributed by atoms with E-state index in [0.29, 0.717) is 13.2 Å². The van der Waals surface area contributed by atoms with Crippen LogP contribution in [0.25, 0.3) is 0 Å². The molecule has 2 aromatic rings. The Morgan fingerprint density at radius 3 is 1.29 bits per heavy atom. The van der Waals surface area contributed by atoms with Gasteiger partial charge in [-0.1, -0.05) is 24.1 Å². The summed E-state index contributed by atoms with van der Waals surface area (Å²) in [6.45, 7) is 5.09. The number of ether oxygens (including phenoxy) is 4. The van der Waals surface area contributed by atoms with Crippen LogP contribution in [0, 0.1) is 6.92 Å². The van der Waals surface area contributed by atoms with Crippen molar-refractivity contribution < 1.29 is 18.9 Å². The lowest BCUT2D eigenvalue weighted by molar-refractivity contribution is 0.191. The highest BCUT2D eigenvalue weighted by atomic mass is 16.5. The maximum Gasteiger partial charge on any atom is 0.119 e.